The number of aliphatic hydroxyl groups excluding tert-OH is 1. The zero-order valence-electron chi connectivity index (χ0n) is 11.2. The Kier molecular flexibility index (Phi) is 4.95. The number of carbonyl (C=O) groups excluding carboxylic acids is 1. The molecule has 1 fully saturated rings. The number of aliphatic hydroxyl groups is 1. The highest BCUT2D eigenvalue weighted by molar-refractivity contribution is 5.72. The first-order chi connectivity index (χ1) is 7.87. The monoisotopic (exact) mass is 244 g/mol. The standard InChI is InChI=1S/C13H24O4/c1-5-16-12(15)9(2)11(14)10-6-7-17-13(3,4)8-10/h9-11,14H,5-8H2,1-4H3/t9-,10-,11+/m1/s1. The van der Waals surface area contributed by atoms with E-state index >= 15 is 0 Å². The van der Waals surface area contributed by atoms with Crippen LogP contribution in [0, 0.1) is 11.8 Å². The smallest absolute Gasteiger partial charge is 0.311 e. The highest BCUT2D eigenvalue weighted by atomic mass is 16.5. The van der Waals surface area contributed by atoms with E-state index in [-0.39, 0.29) is 17.5 Å². The van der Waals surface area contributed by atoms with E-state index in [1.807, 2.05) is 13.8 Å². The predicted molar refractivity (Wildman–Crippen MR) is 64.6 cm³/mol. The summed E-state index contributed by atoms with van der Waals surface area (Å²) < 4.78 is 10.5. The molecular weight excluding hydrogens is 220 g/mol. The van der Waals surface area contributed by atoms with Gasteiger partial charge in [0.1, 0.15) is 0 Å². The molecule has 100 valence electrons. The van der Waals surface area contributed by atoms with E-state index in [0.29, 0.717) is 13.2 Å². The third kappa shape index (κ3) is 3.96. The lowest BCUT2D eigenvalue weighted by Crippen LogP contribution is -2.42. The maximum absolute atomic E-state index is 11.6. The van der Waals surface area contributed by atoms with Crippen molar-refractivity contribution >= 4 is 5.97 Å². The highest BCUT2D eigenvalue weighted by Crippen LogP contribution is 2.33. The Morgan fingerprint density at radius 3 is 2.76 bits per heavy atom. The van der Waals surface area contributed by atoms with Crippen molar-refractivity contribution < 1.29 is 19.4 Å². The fourth-order valence-electron chi connectivity index (χ4n) is 2.39. The van der Waals surface area contributed by atoms with Crippen molar-refractivity contribution in [3.05, 3.63) is 0 Å². The van der Waals surface area contributed by atoms with Gasteiger partial charge in [0, 0.05) is 6.61 Å². The van der Waals surface area contributed by atoms with Crippen LogP contribution in [0.4, 0.5) is 0 Å². The zero-order valence-corrected chi connectivity index (χ0v) is 11.2. The van der Waals surface area contributed by atoms with E-state index in [9.17, 15) is 9.90 Å². The van der Waals surface area contributed by atoms with Crippen molar-refractivity contribution in [1.29, 1.82) is 0 Å². The first kappa shape index (κ1) is 14.5. The van der Waals surface area contributed by atoms with Crippen molar-refractivity contribution in [2.24, 2.45) is 11.8 Å². The van der Waals surface area contributed by atoms with E-state index in [1.54, 1.807) is 13.8 Å². The van der Waals surface area contributed by atoms with Crippen molar-refractivity contribution in [3.63, 3.8) is 0 Å². The molecule has 4 heteroatoms. The third-order valence-corrected chi connectivity index (χ3v) is 3.39. The first-order valence-corrected chi connectivity index (χ1v) is 6.36. The summed E-state index contributed by atoms with van der Waals surface area (Å²) in [6.45, 7) is 8.53. The predicted octanol–water partition coefficient (Wildman–Crippen LogP) is 1.75. The van der Waals surface area contributed by atoms with Crippen molar-refractivity contribution in [2.45, 2.75) is 52.2 Å². The maximum Gasteiger partial charge on any atom is 0.311 e. The Labute approximate surface area is 103 Å². The van der Waals surface area contributed by atoms with Gasteiger partial charge in [0.15, 0.2) is 0 Å². The summed E-state index contributed by atoms with van der Waals surface area (Å²) >= 11 is 0. The number of esters is 1. The van der Waals surface area contributed by atoms with Crippen LogP contribution in [-0.2, 0) is 14.3 Å². The molecule has 1 aliphatic rings. The topological polar surface area (TPSA) is 55.8 Å². The molecule has 1 rings (SSSR count). The molecule has 0 aromatic rings. The summed E-state index contributed by atoms with van der Waals surface area (Å²) in [5.41, 5.74) is -0.210. The Balaban J connectivity index is 2.56. The van der Waals surface area contributed by atoms with Gasteiger partial charge in [-0.3, -0.25) is 4.79 Å². The van der Waals surface area contributed by atoms with Gasteiger partial charge in [-0.05, 0) is 46.5 Å². The second-order valence-corrected chi connectivity index (χ2v) is 5.39. The van der Waals surface area contributed by atoms with Crippen LogP contribution in [0.2, 0.25) is 0 Å². The summed E-state index contributed by atoms with van der Waals surface area (Å²) in [7, 11) is 0. The van der Waals surface area contributed by atoms with E-state index < -0.39 is 12.0 Å². The molecule has 0 spiro atoms. The quantitative estimate of drug-likeness (QED) is 0.765. The molecule has 17 heavy (non-hydrogen) atoms. The molecule has 0 aromatic heterocycles. The molecule has 0 bridgehead atoms. The van der Waals surface area contributed by atoms with Crippen molar-refractivity contribution in [1.82, 2.24) is 0 Å². The molecule has 3 atom stereocenters. The van der Waals surface area contributed by atoms with Crippen LogP contribution in [-0.4, -0.2) is 36.0 Å². The van der Waals surface area contributed by atoms with Crippen molar-refractivity contribution in [2.75, 3.05) is 13.2 Å². The van der Waals surface area contributed by atoms with Crippen LogP contribution in [0.3, 0.4) is 0 Å². The average Bonchev–Trinajstić information content (AvgIpc) is 2.26. The third-order valence-electron chi connectivity index (χ3n) is 3.39. The van der Waals surface area contributed by atoms with Gasteiger partial charge in [-0.25, -0.2) is 0 Å². The lowest BCUT2D eigenvalue weighted by molar-refractivity contribution is -0.156. The lowest BCUT2D eigenvalue weighted by Gasteiger charge is -2.38. The van der Waals surface area contributed by atoms with Crippen LogP contribution in [0.5, 0.6) is 0 Å². The average molecular weight is 244 g/mol. The molecule has 1 heterocycles. The van der Waals surface area contributed by atoms with Crippen LogP contribution in [0.25, 0.3) is 0 Å². The van der Waals surface area contributed by atoms with E-state index in [4.69, 9.17) is 9.47 Å². The number of carbonyl (C=O) groups is 1. The van der Waals surface area contributed by atoms with Crippen LogP contribution in [0.1, 0.15) is 40.5 Å². The Bertz CT molecular complexity index is 262. The number of rotatable bonds is 4. The molecule has 4 nitrogen and oxygen atoms in total. The summed E-state index contributed by atoms with van der Waals surface area (Å²) in [6.07, 6.45) is 0.934. The van der Waals surface area contributed by atoms with Gasteiger partial charge in [0.25, 0.3) is 0 Å². The molecule has 1 aliphatic heterocycles. The molecular formula is C13H24O4. The number of hydrogen-bond acceptors (Lipinski definition) is 4. The van der Waals surface area contributed by atoms with Gasteiger partial charge in [-0.2, -0.15) is 0 Å². The fraction of sp³-hybridized carbons (Fsp3) is 0.923. The summed E-state index contributed by atoms with van der Waals surface area (Å²) in [6, 6.07) is 0. The van der Waals surface area contributed by atoms with E-state index in [1.165, 1.54) is 0 Å². The molecule has 0 unspecified atom stereocenters. The van der Waals surface area contributed by atoms with Crippen LogP contribution in [0.15, 0.2) is 0 Å². The minimum atomic E-state index is -0.641. The summed E-state index contributed by atoms with van der Waals surface area (Å²) in [5.74, 6) is -0.670. The molecule has 1 N–H and O–H groups in total. The maximum atomic E-state index is 11.6. The molecule has 0 amide bonds. The first-order valence-electron chi connectivity index (χ1n) is 6.36. The number of hydrogen-bond donors (Lipinski definition) is 1. The fourth-order valence-corrected chi connectivity index (χ4v) is 2.39. The van der Waals surface area contributed by atoms with E-state index in [2.05, 4.69) is 0 Å². The van der Waals surface area contributed by atoms with Gasteiger partial charge in [-0.1, -0.05) is 0 Å². The Morgan fingerprint density at radius 1 is 1.59 bits per heavy atom. The SMILES string of the molecule is CCOC(=O)[C@H](C)[C@H](O)[C@@H]1CCOC(C)(C)C1. The van der Waals surface area contributed by atoms with E-state index in [0.717, 1.165) is 12.8 Å². The zero-order chi connectivity index (χ0) is 13.1. The minimum Gasteiger partial charge on any atom is -0.466 e. The normalized spacial score (nSPS) is 27.2. The molecule has 0 aliphatic carbocycles. The van der Waals surface area contributed by atoms with Gasteiger partial charge in [0.2, 0.25) is 0 Å². The second-order valence-electron chi connectivity index (χ2n) is 5.39. The Morgan fingerprint density at radius 2 is 2.24 bits per heavy atom. The Hall–Kier alpha value is -0.610. The largest absolute Gasteiger partial charge is 0.466 e. The van der Waals surface area contributed by atoms with Crippen LogP contribution >= 0.6 is 0 Å². The lowest BCUT2D eigenvalue weighted by atomic mass is 9.80. The van der Waals surface area contributed by atoms with Gasteiger partial charge >= 0.3 is 5.97 Å². The van der Waals surface area contributed by atoms with Gasteiger partial charge < -0.3 is 14.6 Å². The molecule has 0 radical (unpaired) electrons. The molecule has 1 saturated heterocycles. The van der Waals surface area contributed by atoms with Crippen LogP contribution < -0.4 is 0 Å². The minimum absolute atomic E-state index is 0.109. The second kappa shape index (κ2) is 5.83. The molecule has 0 saturated carbocycles. The molecule has 0 aromatic carbocycles. The van der Waals surface area contributed by atoms with Crippen molar-refractivity contribution in [3.8, 4) is 0 Å². The van der Waals surface area contributed by atoms with Gasteiger partial charge in [0.05, 0.1) is 24.2 Å². The van der Waals surface area contributed by atoms with Gasteiger partial charge in [-0.15, -0.1) is 0 Å². The number of ether oxygens (including phenoxy) is 2. The highest BCUT2D eigenvalue weighted by Gasteiger charge is 2.37. The summed E-state index contributed by atoms with van der Waals surface area (Å²) in [4.78, 5) is 11.6. The summed E-state index contributed by atoms with van der Waals surface area (Å²) in [5, 5.41) is 10.2.